The van der Waals surface area contributed by atoms with Crippen molar-refractivity contribution in [2.75, 3.05) is 11.5 Å². The molecule has 0 radical (unpaired) electrons. The van der Waals surface area contributed by atoms with Crippen LogP contribution >= 0.6 is 11.8 Å². The second kappa shape index (κ2) is 4.70. The van der Waals surface area contributed by atoms with Gasteiger partial charge < -0.3 is 5.73 Å². The fourth-order valence-electron chi connectivity index (χ4n) is 1.47. The fourth-order valence-corrected chi connectivity index (χ4v) is 2.56. The summed E-state index contributed by atoms with van der Waals surface area (Å²) >= 11 is 2.01. The van der Waals surface area contributed by atoms with Crippen molar-refractivity contribution in [1.29, 1.82) is 0 Å². The number of allylic oxidation sites excluding steroid dienone is 1. The molecule has 2 heteroatoms. The van der Waals surface area contributed by atoms with Gasteiger partial charge in [0, 0.05) is 11.4 Å². The summed E-state index contributed by atoms with van der Waals surface area (Å²) < 4.78 is 0. The Balaban J connectivity index is 2.36. The van der Waals surface area contributed by atoms with E-state index in [1.165, 1.54) is 18.6 Å². The average molecular weight is 171 g/mol. The molecule has 1 heterocycles. The highest BCUT2D eigenvalue weighted by molar-refractivity contribution is 7.99. The smallest absolute Gasteiger partial charge is 0.0133 e. The monoisotopic (exact) mass is 171 g/mol. The van der Waals surface area contributed by atoms with Crippen molar-refractivity contribution in [2.45, 2.75) is 26.2 Å². The van der Waals surface area contributed by atoms with Gasteiger partial charge in [-0.25, -0.2) is 0 Å². The van der Waals surface area contributed by atoms with Gasteiger partial charge in [0.15, 0.2) is 0 Å². The van der Waals surface area contributed by atoms with E-state index in [4.69, 9.17) is 5.73 Å². The minimum absolute atomic E-state index is 0.837. The molecule has 0 aliphatic carbocycles. The van der Waals surface area contributed by atoms with E-state index >= 15 is 0 Å². The van der Waals surface area contributed by atoms with Crippen molar-refractivity contribution >= 4 is 11.8 Å². The van der Waals surface area contributed by atoms with E-state index in [0.717, 1.165) is 23.8 Å². The number of hydrogen-bond acceptors (Lipinski definition) is 2. The molecule has 11 heavy (non-hydrogen) atoms. The van der Waals surface area contributed by atoms with Gasteiger partial charge in [-0.3, -0.25) is 0 Å². The number of thioether (sulfide) groups is 1. The molecule has 0 saturated carbocycles. The molecule has 1 unspecified atom stereocenters. The van der Waals surface area contributed by atoms with Crippen molar-refractivity contribution in [1.82, 2.24) is 0 Å². The lowest BCUT2D eigenvalue weighted by Crippen LogP contribution is -2.07. The number of nitrogens with two attached hydrogens (primary N) is 1. The summed E-state index contributed by atoms with van der Waals surface area (Å²) in [5.41, 5.74) is 6.91. The molecule has 0 bridgehead atoms. The van der Waals surface area contributed by atoms with Gasteiger partial charge >= 0.3 is 0 Å². The van der Waals surface area contributed by atoms with E-state index in [0.29, 0.717) is 0 Å². The van der Waals surface area contributed by atoms with Crippen LogP contribution in [0, 0.1) is 5.92 Å². The molecule has 1 nitrogen and oxygen atoms in total. The fraction of sp³-hybridized carbons (Fsp3) is 0.778. The van der Waals surface area contributed by atoms with Crippen LogP contribution < -0.4 is 5.73 Å². The first kappa shape index (κ1) is 8.98. The van der Waals surface area contributed by atoms with Crippen LogP contribution in [-0.2, 0) is 0 Å². The first-order valence-electron chi connectivity index (χ1n) is 4.35. The minimum atomic E-state index is 0.837. The molecule has 1 atom stereocenters. The van der Waals surface area contributed by atoms with Crippen LogP contribution in [0.3, 0.4) is 0 Å². The van der Waals surface area contributed by atoms with Gasteiger partial charge in [-0.1, -0.05) is 19.4 Å². The van der Waals surface area contributed by atoms with Gasteiger partial charge in [-0.2, -0.15) is 11.8 Å². The van der Waals surface area contributed by atoms with Gasteiger partial charge in [0.25, 0.3) is 0 Å². The molecule has 0 aromatic heterocycles. The molecule has 2 N–H and O–H groups in total. The van der Waals surface area contributed by atoms with Crippen molar-refractivity contribution in [3.8, 4) is 0 Å². The third kappa shape index (κ3) is 3.19. The summed E-state index contributed by atoms with van der Waals surface area (Å²) in [7, 11) is 0. The average Bonchev–Trinajstić information content (AvgIpc) is 2.15. The first-order chi connectivity index (χ1) is 5.33. The molecule has 1 rings (SSSR count). The summed E-state index contributed by atoms with van der Waals surface area (Å²) in [6.45, 7) is 2.25. The molecule has 0 amide bonds. The zero-order chi connectivity index (χ0) is 8.10. The summed E-state index contributed by atoms with van der Waals surface area (Å²) in [5.74, 6) is 3.25. The van der Waals surface area contributed by atoms with Crippen LogP contribution in [0.25, 0.3) is 0 Å². The second-order valence-corrected chi connectivity index (χ2v) is 4.25. The maximum atomic E-state index is 5.80. The standard InChI is InChI=1S/C9H17NS/c1-2-3-8-6-9(10)4-5-11-7-8/h4,8H,2-3,5-7,10H2,1H3. The van der Waals surface area contributed by atoms with E-state index < -0.39 is 0 Å². The highest BCUT2D eigenvalue weighted by Gasteiger charge is 2.11. The SMILES string of the molecule is CCCC1CSCC=C(N)C1. The predicted molar refractivity (Wildman–Crippen MR) is 52.6 cm³/mol. The Kier molecular flexibility index (Phi) is 3.84. The van der Waals surface area contributed by atoms with Crippen LogP contribution in [0.5, 0.6) is 0 Å². The summed E-state index contributed by atoms with van der Waals surface area (Å²) in [4.78, 5) is 0. The van der Waals surface area contributed by atoms with E-state index in [9.17, 15) is 0 Å². The van der Waals surface area contributed by atoms with Gasteiger partial charge in [-0.05, 0) is 24.5 Å². The quantitative estimate of drug-likeness (QED) is 0.690. The van der Waals surface area contributed by atoms with E-state index in [2.05, 4.69) is 13.0 Å². The van der Waals surface area contributed by atoms with Crippen molar-refractivity contribution in [3.05, 3.63) is 11.8 Å². The predicted octanol–water partition coefficient (Wildman–Crippen LogP) is 2.38. The Morgan fingerprint density at radius 1 is 1.73 bits per heavy atom. The molecule has 1 aliphatic heterocycles. The minimum Gasteiger partial charge on any atom is -0.402 e. The highest BCUT2D eigenvalue weighted by atomic mass is 32.2. The molecule has 0 spiro atoms. The lowest BCUT2D eigenvalue weighted by molar-refractivity contribution is 0.528. The molecule has 1 aliphatic rings. The van der Waals surface area contributed by atoms with Crippen LogP contribution in [0.2, 0.25) is 0 Å². The topological polar surface area (TPSA) is 26.0 Å². The highest BCUT2D eigenvalue weighted by Crippen LogP contribution is 2.23. The van der Waals surface area contributed by atoms with Crippen LogP contribution in [-0.4, -0.2) is 11.5 Å². The molecule has 64 valence electrons. The van der Waals surface area contributed by atoms with Crippen LogP contribution in [0.4, 0.5) is 0 Å². The molecule has 0 aromatic carbocycles. The van der Waals surface area contributed by atoms with Gasteiger partial charge in [0.2, 0.25) is 0 Å². The van der Waals surface area contributed by atoms with Gasteiger partial charge in [-0.15, -0.1) is 0 Å². The van der Waals surface area contributed by atoms with Gasteiger partial charge in [0.1, 0.15) is 0 Å². The Morgan fingerprint density at radius 3 is 3.27 bits per heavy atom. The maximum absolute atomic E-state index is 5.80. The second-order valence-electron chi connectivity index (χ2n) is 3.18. The first-order valence-corrected chi connectivity index (χ1v) is 5.50. The lowest BCUT2D eigenvalue weighted by atomic mass is 10.0. The summed E-state index contributed by atoms with van der Waals surface area (Å²) in [6.07, 6.45) is 5.92. The Morgan fingerprint density at radius 2 is 2.55 bits per heavy atom. The summed E-state index contributed by atoms with van der Waals surface area (Å²) in [6, 6.07) is 0. The molecule has 0 aromatic rings. The zero-order valence-corrected chi connectivity index (χ0v) is 7.99. The van der Waals surface area contributed by atoms with Crippen LogP contribution in [0.1, 0.15) is 26.2 Å². The zero-order valence-electron chi connectivity index (χ0n) is 7.18. The van der Waals surface area contributed by atoms with Gasteiger partial charge in [0.05, 0.1) is 0 Å². The largest absolute Gasteiger partial charge is 0.402 e. The Hall–Kier alpha value is -0.110. The van der Waals surface area contributed by atoms with Crippen molar-refractivity contribution in [3.63, 3.8) is 0 Å². The Bertz CT molecular complexity index is 142. The van der Waals surface area contributed by atoms with E-state index in [1.54, 1.807) is 0 Å². The normalized spacial score (nSPS) is 25.9. The molecule has 0 fully saturated rings. The molecular formula is C9H17NS. The third-order valence-corrected chi connectivity index (χ3v) is 3.15. The maximum Gasteiger partial charge on any atom is 0.0133 e. The third-order valence-electron chi connectivity index (χ3n) is 2.04. The van der Waals surface area contributed by atoms with Crippen molar-refractivity contribution in [2.24, 2.45) is 11.7 Å². The molecular weight excluding hydrogens is 154 g/mol. The summed E-state index contributed by atoms with van der Waals surface area (Å²) in [5, 5.41) is 0. The van der Waals surface area contributed by atoms with E-state index in [1.807, 2.05) is 11.8 Å². The molecule has 0 saturated heterocycles. The Labute approximate surface area is 73.4 Å². The number of rotatable bonds is 2. The lowest BCUT2D eigenvalue weighted by Gasteiger charge is -2.12. The van der Waals surface area contributed by atoms with Crippen LogP contribution in [0.15, 0.2) is 11.8 Å². The number of hydrogen-bond donors (Lipinski definition) is 1. The van der Waals surface area contributed by atoms with Crippen molar-refractivity contribution < 1.29 is 0 Å². The van der Waals surface area contributed by atoms with E-state index in [-0.39, 0.29) is 0 Å².